The van der Waals surface area contributed by atoms with Crippen LogP contribution < -0.4 is 5.32 Å². The average Bonchev–Trinajstić information content (AvgIpc) is 2.50. The molecular weight excluding hydrogens is 278 g/mol. The maximum absolute atomic E-state index is 12.1. The highest BCUT2D eigenvalue weighted by molar-refractivity contribution is 5.83. The third-order valence-corrected chi connectivity index (χ3v) is 3.60. The molecule has 0 aromatic heterocycles. The number of carbonyl (C=O) groups is 2. The highest BCUT2D eigenvalue weighted by Gasteiger charge is 2.14. The monoisotopic (exact) mass is 305 g/mol. The van der Waals surface area contributed by atoms with Crippen LogP contribution in [0.3, 0.4) is 0 Å². The van der Waals surface area contributed by atoms with Crippen molar-refractivity contribution in [1.82, 2.24) is 5.32 Å². The molecule has 1 rings (SSSR count). The second-order valence-electron chi connectivity index (χ2n) is 6.03. The SMILES string of the molecule is COC(=O)CCCNC(=O)C(C)c1ccc(CC(C)C)cc1. The molecule has 122 valence electrons. The van der Waals surface area contributed by atoms with E-state index in [4.69, 9.17) is 0 Å². The summed E-state index contributed by atoms with van der Waals surface area (Å²) in [5.74, 6) is 0.178. The fourth-order valence-corrected chi connectivity index (χ4v) is 2.26. The Labute approximate surface area is 133 Å². The lowest BCUT2D eigenvalue weighted by Crippen LogP contribution is -2.29. The zero-order chi connectivity index (χ0) is 16.5. The van der Waals surface area contributed by atoms with E-state index in [1.165, 1.54) is 12.7 Å². The fourth-order valence-electron chi connectivity index (χ4n) is 2.26. The number of carbonyl (C=O) groups excluding carboxylic acids is 2. The Kier molecular flexibility index (Phi) is 7.64. The van der Waals surface area contributed by atoms with E-state index in [1.54, 1.807) is 0 Å². The maximum atomic E-state index is 12.1. The molecule has 4 heteroatoms. The van der Waals surface area contributed by atoms with Gasteiger partial charge in [0.1, 0.15) is 0 Å². The van der Waals surface area contributed by atoms with Crippen molar-refractivity contribution < 1.29 is 14.3 Å². The van der Waals surface area contributed by atoms with Gasteiger partial charge in [-0.05, 0) is 36.8 Å². The van der Waals surface area contributed by atoms with Crippen LogP contribution in [0.2, 0.25) is 0 Å². The van der Waals surface area contributed by atoms with Gasteiger partial charge in [-0.25, -0.2) is 0 Å². The van der Waals surface area contributed by atoms with Crippen molar-refractivity contribution in [3.05, 3.63) is 35.4 Å². The molecule has 0 spiro atoms. The molecule has 0 aliphatic carbocycles. The third-order valence-electron chi connectivity index (χ3n) is 3.60. The Hall–Kier alpha value is -1.84. The van der Waals surface area contributed by atoms with Crippen molar-refractivity contribution in [3.63, 3.8) is 0 Å². The first-order valence-electron chi connectivity index (χ1n) is 7.87. The van der Waals surface area contributed by atoms with E-state index >= 15 is 0 Å². The second kappa shape index (κ2) is 9.23. The molecule has 0 aliphatic rings. The van der Waals surface area contributed by atoms with Crippen molar-refractivity contribution >= 4 is 11.9 Å². The summed E-state index contributed by atoms with van der Waals surface area (Å²) in [6.45, 7) is 6.77. The lowest BCUT2D eigenvalue weighted by atomic mass is 9.96. The van der Waals surface area contributed by atoms with Gasteiger partial charge in [0, 0.05) is 13.0 Å². The molecule has 1 atom stereocenters. The quantitative estimate of drug-likeness (QED) is 0.593. The number of methoxy groups -OCH3 is 1. The molecule has 0 aliphatic heterocycles. The van der Waals surface area contributed by atoms with Crippen LogP contribution in [0.1, 0.15) is 50.7 Å². The minimum absolute atomic E-state index is 0.0125. The standard InChI is InChI=1S/C18H27NO3/c1-13(2)12-15-7-9-16(10-8-15)14(3)18(21)19-11-5-6-17(20)22-4/h7-10,13-14H,5-6,11-12H2,1-4H3,(H,19,21). The molecule has 0 fully saturated rings. The minimum Gasteiger partial charge on any atom is -0.469 e. The third kappa shape index (κ3) is 6.29. The molecule has 1 amide bonds. The van der Waals surface area contributed by atoms with E-state index in [9.17, 15) is 9.59 Å². The van der Waals surface area contributed by atoms with Gasteiger partial charge < -0.3 is 10.1 Å². The van der Waals surface area contributed by atoms with Crippen molar-refractivity contribution in [2.24, 2.45) is 5.92 Å². The molecule has 1 unspecified atom stereocenters. The molecule has 0 saturated heterocycles. The van der Waals surface area contributed by atoms with Crippen LogP contribution in [-0.4, -0.2) is 25.5 Å². The molecule has 1 aromatic rings. The normalized spacial score (nSPS) is 12.0. The first-order chi connectivity index (χ1) is 10.4. The number of esters is 1. The van der Waals surface area contributed by atoms with Gasteiger partial charge in [-0.3, -0.25) is 9.59 Å². The Balaban J connectivity index is 2.44. The van der Waals surface area contributed by atoms with Crippen LogP contribution in [0.5, 0.6) is 0 Å². The predicted molar refractivity (Wildman–Crippen MR) is 87.7 cm³/mol. The summed E-state index contributed by atoms with van der Waals surface area (Å²) in [5.41, 5.74) is 2.31. The number of hydrogen-bond acceptors (Lipinski definition) is 3. The maximum Gasteiger partial charge on any atom is 0.305 e. The summed E-state index contributed by atoms with van der Waals surface area (Å²) >= 11 is 0. The largest absolute Gasteiger partial charge is 0.469 e. The average molecular weight is 305 g/mol. The summed E-state index contributed by atoms with van der Waals surface area (Å²) in [7, 11) is 1.37. The van der Waals surface area contributed by atoms with Crippen LogP contribution in [0.25, 0.3) is 0 Å². The topological polar surface area (TPSA) is 55.4 Å². The van der Waals surface area contributed by atoms with Gasteiger partial charge in [-0.2, -0.15) is 0 Å². The molecule has 4 nitrogen and oxygen atoms in total. The summed E-state index contributed by atoms with van der Waals surface area (Å²) in [6.07, 6.45) is 1.97. The predicted octanol–water partition coefficient (Wildman–Crippen LogP) is 3.06. The van der Waals surface area contributed by atoms with E-state index in [2.05, 4.69) is 36.0 Å². The van der Waals surface area contributed by atoms with Crippen molar-refractivity contribution in [2.75, 3.05) is 13.7 Å². The van der Waals surface area contributed by atoms with Crippen LogP contribution in [-0.2, 0) is 20.7 Å². The smallest absolute Gasteiger partial charge is 0.305 e. The molecule has 22 heavy (non-hydrogen) atoms. The van der Waals surface area contributed by atoms with Crippen LogP contribution >= 0.6 is 0 Å². The lowest BCUT2D eigenvalue weighted by molar-refractivity contribution is -0.140. The van der Waals surface area contributed by atoms with Crippen LogP contribution in [0, 0.1) is 5.92 Å². The highest BCUT2D eigenvalue weighted by atomic mass is 16.5. The Morgan fingerprint density at radius 2 is 1.77 bits per heavy atom. The van der Waals surface area contributed by atoms with Crippen molar-refractivity contribution in [2.45, 2.75) is 46.0 Å². The minimum atomic E-state index is -0.247. The van der Waals surface area contributed by atoms with E-state index in [0.29, 0.717) is 25.3 Å². The summed E-state index contributed by atoms with van der Waals surface area (Å²) < 4.78 is 4.56. The molecular formula is C18H27NO3. The van der Waals surface area contributed by atoms with E-state index < -0.39 is 0 Å². The number of ether oxygens (including phenoxy) is 1. The van der Waals surface area contributed by atoms with Gasteiger partial charge in [0.25, 0.3) is 0 Å². The van der Waals surface area contributed by atoms with Gasteiger partial charge in [0.05, 0.1) is 13.0 Å². The number of rotatable bonds is 8. The van der Waals surface area contributed by atoms with Gasteiger partial charge in [-0.15, -0.1) is 0 Å². The summed E-state index contributed by atoms with van der Waals surface area (Å²) in [4.78, 5) is 23.1. The highest BCUT2D eigenvalue weighted by Crippen LogP contribution is 2.17. The van der Waals surface area contributed by atoms with E-state index in [0.717, 1.165) is 12.0 Å². The van der Waals surface area contributed by atoms with Crippen LogP contribution in [0.15, 0.2) is 24.3 Å². The zero-order valence-electron chi connectivity index (χ0n) is 14.0. The second-order valence-corrected chi connectivity index (χ2v) is 6.03. The summed E-state index contributed by atoms with van der Waals surface area (Å²) in [6, 6.07) is 8.24. The molecule has 0 radical (unpaired) electrons. The van der Waals surface area contributed by atoms with Gasteiger partial charge in [0.15, 0.2) is 0 Å². The molecule has 0 saturated carbocycles. The molecule has 1 aromatic carbocycles. The number of hydrogen-bond donors (Lipinski definition) is 1. The zero-order valence-corrected chi connectivity index (χ0v) is 14.0. The molecule has 0 heterocycles. The lowest BCUT2D eigenvalue weighted by Gasteiger charge is -2.13. The summed E-state index contributed by atoms with van der Waals surface area (Å²) in [5, 5.41) is 2.86. The molecule has 1 N–H and O–H groups in total. The number of benzene rings is 1. The Morgan fingerprint density at radius 3 is 2.32 bits per heavy atom. The number of nitrogens with one attached hydrogen (secondary N) is 1. The number of amides is 1. The van der Waals surface area contributed by atoms with Crippen molar-refractivity contribution in [3.8, 4) is 0 Å². The van der Waals surface area contributed by atoms with Crippen LogP contribution in [0.4, 0.5) is 0 Å². The first-order valence-corrected chi connectivity index (χ1v) is 7.87. The van der Waals surface area contributed by atoms with Gasteiger partial charge >= 0.3 is 5.97 Å². The van der Waals surface area contributed by atoms with E-state index in [1.807, 2.05) is 19.1 Å². The fraction of sp³-hybridized carbons (Fsp3) is 0.556. The van der Waals surface area contributed by atoms with Gasteiger partial charge in [0.2, 0.25) is 5.91 Å². The molecule has 0 bridgehead atoms. The Morgan fingerprint density at radius 1 is 1.14 bits per heavy atom. The van der Waals surface area contributed by atoms with E-state index in [-0.39, 0.29) is 17.8 Å². The Bertz CT molecular complexity index is 480. The first kappa shape index (κ1) is 18.2. The van der Waals surface area contributed by atoms with Crippen molar-refractivity contribution in [1.29, 1.82) is 0 Å². The van der Waals surface area contributed by atoms with Gasteiger partial charge in [-0.1, -0.05) is 38.1 Å².